The predicted molar refractivity (Wildman–Crippen MR) is 119 cm³/mol. The fourth-order valence-electron chi connectivity index (χ4n) is 2.80. The molecule has 0 saturated carbocycles. The monoisotopic (exact) mass is 439 g/mol. The van der Waals surface area contributed by atoms with Crippen molar-refractivity contribution in [3.63, 3.8) is 0 Å². The Morgan fingerprint density at radius 1 is 0.935 bits per heavy atom. The average molecular weight is 439 g/mol. The maximum absolute atomic E-state index is 12.6. The lowest BCUT2D eigenvalue weighted by Crippen LogP contribution is -2.14. The highest BCUT2D eigenvalue weighted by Crippen LogP contribution is 2.20. The first-order valence-electron chi connectivity index (χ1n) is 9.21. The second-order valence-corrected chi connectivity index (χ2v) is 8.50. The Bertz CT molecular complexity index is 1210. The van der Waals surface area contributed by atoms with E-state index in [1.54, 1.807) is 72.8 Å². The third-order valence-corrected chi connectivity index (χ3v) is 4.79. The number of rotatable bonds is 8. The quantitative estimate of drug-likeness (QED) is 0.497. The summed E-state index contributed by atoms with van der Waals surface area (Å²) in [4.78, 5) is 24.1. The minimum absolute atomic E-state index is 0.150. The third kappa shape index (κ3) is 6.31. The summed E-state index contributed by atoms with van der Waals surface area (Å²) in [5.74, 6) is -0.544. The first kappa shape index (κ1) is 21.8. The van der Waals surface area contributed by atoms with Crippen molar-refractivity contribution in [2.45, 2.75) is 6.61 Å². The van der Waals surface area contributed by atoms with Crippen molar-refractivity contribution < 1.29 is 22.7 Å². The number of para-hydroxylation sites is 1. The van der Waals surface area contributed by atoms with Crippen molar-refractivity contribution in [2.24, 2.45) is 5.73 Å². The van der Waals surface area contributed by atoms with E-state index in [9.17, 15) is 18.0 Å². The van der Waals surface area contributed by atoms with Crippen LogP contribution >= 0.6 is 0 Å². The first-order chi connectivity index (χ1) is 14.7. The van der Waals surface area contributed by atoms with Crippen LogP contribution in [0.1, 0.15) is 26.3 Å². The van der Waals surface area contributed by atoms with Gasteiger partial charge in [-0.1, -0.05) is 24.3 Å². The van der Waals surface area contributed by atoms with Crippen molar-refractivity contribution in [3.05, 3.63) is 89.5 Å². The summed E-state index contributed by atoms with van der Waals surface area (Å²) >= 11 is 0. The maximum atomic E-state index is 12.6. The highest BCUT2D eigenvalue weighted by atomic mass is 32.2. The summed E-state index contributed by atoms with van der Waals surface area (Å²) in [6.07, 6.45) is 1.06. The Kier molecular flexibility index (Phi) is 6.56. The number of nitrogens with one attached hydrogen (secondary N) is 2. The fourth-order valence-corrected chi connectivity index (χ4v) is 3.36. The number of hydrogen-bond donors (Lipinski definition) is 3. The van der Waals surface area contributed by atoms with Gasteiger partial charge in [0.25, 0.3) is 11.8 Å². The number of primary amides is 1. The molecular formula is C22H21N3O5S. The van der Waals surface area contributed by atoms with E-state index in [0.717, 1.165) is 11.8 Å². The van der Waals surface area contributed by atoms with Crippen LogP contribution in [0.2, 0.25) is 0 Å². The summed E-state index contributed by atoms with van der Waals surface area (Å²) in [7, 11) is -3.37. The molecule has 0 fully saturated rings. The molecule has 0 bridgehead atoms. The smallest absolute Gasteiger partial charge is 0.255 e. The van der Waals surface area contributed by atoms with Crippen LogP contribution in [0.3, 0.4) is 0 Å². The van der Waals surface area contributed by atoms with E-state index in [4.69, 9.17) is 10.5 Å². The van der Waals surface area contributed by atoms with Gasteiger partial charge in [-0.15, -0.1) is 0 Å². The summed E-state index contributed by atoms with van der Waals surface area (Å²) in [5, 5.41) is 2.76. The molecule has 0 spiro atoms. The van der Waals surface area contributed by atoms with Crippen LogP contribution in [0.25, 0.3) is 0 Å². The van der Waals surface area contributed by atoms with Crippen LogP contribution in [0.15, 0.2) is 72.8 Å². The summed E-state index contributed by atoms with van der Waals surface area (Å²) < 4.78 is 30.6. The molecular weight excluding hydrogens is 418 g/mol. The van der Waals surface area contributed by atoms with Crippen molar-refractivity contribution in [2.75, 3.05) is 16.3 Å². The lowest BCUT2D eigenvalue weighted by Gasteiger charge is -2.11. The van der Waals surface area contributed by atoms with Gasteiger partial charge in [0.05, 0.1) is 11.8 Å². The first-order valence-corrected chi connectivity index (χ1v) is 11.1. The van der Waals surface area contributed by atoms with Crippen LogP contribution in [0.4, 0.5) is 11.4 Å². The Balaban J connectivity index is 1.66. The molecule has 8 nitrogen and oxygen atoms in total. The van der Waals surface area contributed by atoms with E-state index >= 15 is 0 Å². The molecule has 31 heavy (non-hydrogen) atoms. The van der Waals surface area contributed by atoms with Gasteiger partial charge in [-0.05, 0) is 54.1 Å². The molecule has 0 aromatic heterocycles. The van der Waals surface area contributed by atoms with E-state index in [-0.39, 0.29) is 18.1 Å². The number of nitrogens with two attached hydrogens (primary N) is 1. The van der Waals surface area contributed by atoms with Crippen LogP contribution < -0.4 is 20.5 Å². The number of ether oxygens (including phenoxy) is 1. The molecule has 3 aromatic rings. The number of carbonyl (C=O) groups excluding carboxylic acids is 2. The molecule has 0 aliphatic heterocycles. The van der Waals surface area contributed by atoms with Crippen LogP contribution in [-0.4, -0.2) is 26.5 Å². The van der Waals surface area contributed by atoms with E-state index in [1.807, 2.05) is 0 Å². The molecule has 4 N–H and O–H groups in total. The molecule has 0 radical (unpaired) electrons. The van der Waals surface area contributed by atoms with E-state index in [1.165, 1.54) is 0 Å². The normalized spacial score (nSPS) is 10.9. The molecule has 0 unspecified atom stereocenters. The zero-order valence-corrected chi connectivity index (χ0v) is 17.5. The molecule has 0 aliphatic rings. The summed E-state index contributed by atoms with van der Waals surface area (Å²) in [6.45, 7) is 0.150. The highest BCUT2D eigenvalue weighted by Gasteiger charge is 2.10. The van der Waals surface area contributed by atoms with Crippen LogP contribution in [-0.2, 0) is 16.6 Å². The second kappa shape index (κ2) is 9.31. The topological polar surface area (TPSA) is 128 Å². The Morgan fingerprint density at radius 2 is 1.61 bits per heavy atom. The Hall–Kier alpha value is -3.85. The number of amides is 2. The van der Waals surface area contributed by atoms with Gasteiger partial charge >= 0.3 is 0 Å². The maximum Gasteiger partial charge on any atom is 0.255 e. The lowest BCUT2D eigenvalue weighted by molar-refractivity contribution is 0.0994. The van der Waals surface area contributed by atoms with E-state index < -0.39 is 15.9 Å². The van der Waals surface area contributed by atoms with Gasteiger partial charge in [0, 0.05) is 16.9 Å². The van der Waals surface area contributed by atoms with E-state index in [2.05, 4.69) is 10.0 Å². The largest absolute Gasteiger partial charge is 0.488 e. The zero-order valence-electron chi connectivity index (χ0n) is 16.7. The lowest BCUT2D eigenvalue weighted by atomic mass is 10.1. The van der Waals surface area contributed by atoms with Crippen molar-refractivity contribution in [3.8, 4) is 5.75 Å². The number of hydrogen-bond acceptors (Lipinski definition) is 5. The second-order valence-electron chi connectivity index (χ2n) is 6.76. The number of sulfonamides is 1. The van der Waals surface area contributed by atoms with E-state index in [0.29, 0.717) is 22.7 Å². The summed E-state index contributed by atoms with van der Waals surface area (Å²) in [5.41, 5.74) is 7.71. The standard InChI is InChI=1S/C22H21N3O5S/c1-31(28,29)25-18-11-9-17(10-12-18)24-22(27)16-6-4-5-15(13-16)14-30-20-8-3-2-7-19(20)21(23)26/h2-13,25H,14H2,1H3,(H2,23,26)(H,24,27). The SMILES string of the molecule is CS(=O)(=O)Nc1ccc(NC(=O)c2cccc(COc3ccccc3C(N)=O)c2)cc1. The van der Waals surface area contributed by atoms with Gasteiger partial charge in [-0.3, -0.25) is 14.3 Å². The van der Waals surface area contributed by atoms with Gasteiger partial charge < -0.3 is 15.8 Å². The molecule has 0 aliphatic carbocycles. The van der Waals surface area contributed by atoms with Crippen LogP contribution in [0.5, 0.6) is 5.75 Å². The minimum atomic E-state index is -3.37. The number of anilines is 2. The average Bonchev–Trinajstić information content (AvgIpc) is 2.73. The highest BCUT2D eigenvalue weighted by molar-refractivity contribution is 7.92. The molecule has 0 atom stereocenters. The molecule has 9 heteroatoms. The molecule has 0 heterocycles. The molecule has 160 valence electrons. The number of benzene rings is 3. The van der Waals surface area contributed by atoms with Crippen molar-refractivity contribution in [1.82, 2.24) is 0 Å². The molecule has 3 rings (SSSR count). The molecule has 2 amide bonds. The zero-order chi connectivity index (χ0) is 22.4. The van der Waals surface area contributed by atoms with Gasteiger partial charge in [-0.2, -0.15) is 0 Å². The van der Waals surface area contributed by atoms with Gasteiger partial charge in [-0.25, -0.2) is 8.42 Å². The molecule has 0 saturated heterocycles. The van der Waals surface area contributed by atoms with Gasteiger partial charge in [0.2, 0.25) is 10.0 Å². The fraction of sp³-hybridized carbons (Fsp3) is 0.0909. The Morgan fingerprint density at radius 3 is 2.29 bits per heavy atom. The third-order valence-electron chi connectivity index (χ3n) is 4.18. The minimum Gasteiger partial charge on any atom is -0.488 e. The number of carbonyl (C=O) groups is 2. The molecule has 3 aromatic carbocycles. The van der Waals surface area contributed by atoms with Gasteiger partial charge in [0.1, 0.15) is 12.4 Å². The van der Waals surface area contributed by atoms with Crippen molar-refractivity contribution in [1.29, 1.82) is 0 Å². The van der Waals surface area contributed by atoms with Crippen LogP contribution in [0, 0.1) is 0 Å². The predicted octanol–water partition coefficient (Wildman–Crippen LogP) is 2.99. The Labute approximate surface area is 180 Å². The van der Waals surface area contributed by atoms with Crippen molar-refractivity contribution >= 4 is 33.2 Å². The van der Waals surface area contributed by atoms with Gasteiger partial charge in [0.15, 0.2) is 0 Å². The summed E-state index contributed by atoms with van der Waals surface area (Å²) in [6, 6.07) is 19.8.